The molecule has 2 aliphatic heterocycles. The van der Waals surface area contributed by atoms with Gasteiger partial charge in [-0.2, -0.15) is 5.10 Å². The van der Waals surface area contributed by atoms with E-state index in [-0.39, 0.29) is 5.56 Å². The molecule has 3 N–H and O–H groups in total. The summed E-state index contributed by atoms with van der Waals surface area (Å²) in [4.78, 5) is 1.76. The molecule has 0 aliphatic carbocycles. The van der Waals surface area contributed by atoms with E-state index < -0.39 is 17.0 Å². The molecule has 8 heteroatoms. The van der Waals surface area contributed by atoms with E-state index in [1.807, 2.05) is 4.68 Å². The zero-order chi connectivity index (χ0) is 15.3. The van der Waals surface area contributed by atoms with Crippen LogP contribution in [0.5, 0.6) is 0 Å². The number of hydrogen-bond donors (Lipinski definition) is 2. The summed E-state index contributed by atoms with van der Waals surface area (Å²) in [5.74, 6) is -0.321. The summed E-state index contributed by atoms with van der Waals surface area (Å²) in [6.07, 6.45) is 3.38. The van der Waals surface area contributed by atoms with Crippen molar-refractivity contribution in [2.45, 2.75) is 11.9 Å². The van der Waals surface area contributed by atoms with Crippen LogP contribution in [0.3, 0.4) is 0 Å². The van der Waals surface area contributed by atoms with Crippen LogP contribution < -0.4 is 16.0 Å². The number of rotatable bonds is 2. The van der Waals surface area contributed by atoms with Gasteiger partial charge >= 0.3 is 0 Å². The number of thioether (sulfide) groups is 1. The van der Waals surface area contributed by atoms with E-state index in [9.17, 15) is 8.78 Å². The maximum atomic E-state index is 14.1. The van der Waals surface area contributed by atoms with E-state index >= 15 is 0 Å². The van der Waals surface area contributed by atoms with Crippen molar-refractivity contribution in [1.82, 2.24) is 9.78 Å². The first-order valence-electron chi connectivity index (χ1n) is 6.81. The van der Waals surface area contributed by atoms with Gasteiger partial charge in [0.2, 0.25) is 0 Å². The molecule has 0 fully saturated rings. The van der Waals surface area contributed by atoms with Gasteiger partial charge in [-0.15, -0.1) is 0 Å². The molecule has 5 nitrogen and oxygen atoms in total. The third kappa shape index (κ3) is 1.94. The SMILES string of the molecule is NC1=CN(c2cnn3c2NCC3)C(c2c(F)cccc2F)S1. The summed E-state index contributed by atoms with van der Waals surface area (Å²) in [5.41, 5.74) is 6.66. The molecule has 22 heavy (non-hydrogen) atoms. The number of hydrogen-bond acceptors (Lipinski definition) is 5. The molecule has 1 atom stereocenters. The molecule has 114 valence electrons. The van der Waals surface area contributed by atoms with Crippen LogP contribution in [0.25, 0.3) is 0 Å². The second-order valence-corrected chi connectivity index (χ2v) is 6.23. The molecule has 4 rings (SSSR count). The van der Waals surface area contributed by atoms with Crippen LogP contribution in [0.4, 0.5) is 20.3 Å². The van der Waals surface area contributed by atoms with E-state index in [1.165, 1.54) is 30.0 Å². The van der Waals surface area contributed by atoms with Gasteiger partial charge in [0.1, 0.15) is 28.5 Å². The molecule has 3 heterocycles. The summed E-state index contributed by atoms with van der Waals surface area (Å²) < 4.78 is 30.1. The number of nitrogens with two attached hydrogens (primary N) is 1. The van der Waals surface area contributed by atoms with E-state index in [0.717, 1.165) is 24.6 Å². The van der Waals surface area contributed by atoms with E-state index in [2.05, 4.69) is 10.4 Å². The fourth-order valence-electron chi connectivity index (χ4n) is 2.76. The summed E-state index contributed by atoms with van der Waals surface area (Å²) in [6.45, 7) is 1.56. The Kier molecular flexibility index (Phi) is 3.00. The highest BCUT2D eigenvalue weighted by Crippen LogP contribution is 2.47. The highest BCUT2D eigenvalue weighted by Gasteiger charge is 2.34. The van der Waals surface area contributed by atoms with Crippen molar-refractivity contribution >= 4 is 23.3 Å². The second-order valence-electron chi connectivity index (χ2n) is 5.07. The lowest BCUT2D eigenvalue weighted by molar-refractivity contribution is 0.554. The molecule has 0 radical (unpaired) electrons. The van der Waals surface area contributed by atoms with Gasteiger partial charge < -0.3 is 16.0 Å². The van der Waals surface area contributed by atoms with Gasteiger partial charge in [0.25, 0.3) is 0 Å². The molecule has 1 aromatic heterocycles. The molecule has 1 unspecified atom stereocenters. The minimum Gasteiger partial charge on any atom is -0.392 e. The second kappa shape index (κ2) is 4.91. The van der Waals surface area contributed by atoms with E-state index in [0.29, 0.717) is 5.03 Å². The molecule has 2 aliphatic rings. The Bertz CT molecular complexity index is 752. The fourth-order valence-corrected chi connectivity index (χ4v) is 3.82. The molecule has 0 bridgehead atoms. The van der Waals surface area contributed by atoms with Crippen molar-refractivity contribution in [3.05, 3.63) is 52.8 Å². The predicted molar refractivity (Wildman–Crippen MR) is 82.2 cm³/mol. The maximum Gasteiger partial charge on any atom is 0.148 e. The number of nitrogens with zero attached hydrogens (tertiary/aromatic N) is 3. The highest BCUT2D eigenvalue weighted by molar-refractivity contribution is 8.03. The van der Waals surface area contributed by atoms with Crippen LogP contribution in [0, 0.1) is 11.6 Å². The normalized spacial score (nSPS) is 20.0. The molecular weight excluding hydrogens is 308 g/mol. The summed E-state index contributed by atoms with van der Waals surface area (Å²) in [5, 5.41) is 7.44. The van der Waals surface area contributed by atoms with Crippen LogP contribution in [-0.2, 0) is 6.54 Å². The fraction of sp³-hybridized carbons (Fsp3) is 0.214. The van der Waals surface area contributed by atoms with Gasteiger partial charge in [0, 0.05) is 12.7 Å². The predicted octanol–water partition coefficient (Wildman–Crippen LogP) is 2.60. The lowest BCUT2D eigenvalue weighted by atomic mass is 10.1. The van der Waals surface area contributed by atoms with Gasteiger partial charge in [-0.1, -0.05) is 17.8 Å². The molecule has 2 aromatic rings. The standard InChI is InChI=1S/C14H13F2N5S/c15-8-2-1-3-9(16)12(8)14-20(7-11(17)22-14)10-6-19-21-5-4-18-13(10)21/h1-3,6-7,14,18H,4-5,17H2. The average molecular weight is 321 g/mol. The maximum absolute atomic E-state index is 14.1. The molecule has 0 saturated heterocycles. The Labute approximate surface area is 129 Å². The summed E-state index contributed by atoms with van der Waals surface area (Å²) in [6, 6.07) is 3.87. The molecule has 0 spiro atoms. The van der Waals surface area contributed by atoms with Crippen LogP contribution in [0.1, 0.15) is 10.9 Å². The Morgan fingerprint density at radius 2 is 2.09 bits per heavy atom. The monoisotopic (exact) mass is 321 g/mol. The molecule has 0 saturated carbocycles. The Balaban J connectivity index is 1.80. The van der Waals surface area contributed by atoms with Crippen molar-refractivity contribution in [2.75, 3.05) is 16.8 Å². The van der Waals surface area contributed by atoms with E-state index in [1.54, 1.807) is 17.3 Å². The number of halogens is 2. The van der Waals surface area contributed by atoms with Crippen molar-refractivity contribution < 1.29 is 8.78 Å². The minimum absolute atomic E-state index is 0.00199. The lowest BCUT2D eigenvalue weighted by Gasteiger charge is -2.25. The zero-order valence-corrected chi connectivity index (χ0v) is 12.3. The number of nitrogens with one attached hydrogen (secondary N) is 1. The summed E-state index contributed by atoms with van der Waals surface area (Å²) in [7, 11) is 0. The van der Waals surface area contributed by atoms with Gasteiger partial charge in [-0.05, 0) is 12.1 Å². The Hall–Kier alpha value is -2.22. The number of fused-ring (bicyclic) bond motifs is 1. The third-order valence-electron chi connectivity index (χ3n) is 3.73. The first kappa shape index (κ1) is 13.4. The molecule has 0 amide bonds. The smallest absolute Gasteiger partial charge is 0.148 e. The third-order valence-corrected chi connectivity index (χ3v) is 4.79. The van der Waals surface area contributed by atoms with Crippen LogP contribution in [-0.4, -0.2) is 16.3 Å². The lowest BCUT2D eigenvalue weighted by Crippen LogP contribution is -2.19. The van der Waals surface area contributed by atoms with Crippen molar-refractivity contribution in [2.24, 2.45) is 5.73 Å². The zero-order valence-electron chi connectivity index (χ0n) is 11.5. The first-order chi connectivity index (χ1) is 10.6. The molecular formula is C14H13F2N5S. The Morgan fingerprint density at radius 3 is 2.86 bits per heavy atom. The Morgan fingerprint density at radius 1 is 1.32 bits per heavy atom. The highest BCUT2D eigenvalue weighted by atomic mass is 32.2. The molecule has 1 aromatic carbocycles. The van der Waals surface area contributed by atoms with E-state index in [4.69, 9.17) is 5.73 Å². The van der Waals surface area contributed by atoms with Crippen LogP contribution in [0.2, 0.25) is 0 Å². The van der Waals surface area contributed by atoms with Crippen molar-refractivity contribution in [3.8, 4) is 0 Å². The topological polar surface area (TPSA) is 59.1 Å². The summed E-state index contributed by atoms with van der Waals surface area (Å²) >= 11 is 1.22. The quantitative estimate of drug-likeness (QED) is 0.890. The number of aromatic nitrogens is 2. The van der Waals surface area contributed by atoms with Gasteiger partial charge in [-0.25, -0.2) is 13.5 Å². The number of anilines is 2. The van der Waals surface area contributed by atoms with Gasteiger partial charge in [0.15, 0.2) is 0 Å². The minimum atomic E-state index is -0.586. The number of benzene rings is 1. The van der Waals surface area contributed by atoms with Gasteiger partial charge in [-0.3, -0.25) is 0 Å². The van der Waals surface area contributed by atoms with Crippen molar-refractivity contribution in [3.63, 3.8) is 0 Å². The average Bonchev–Trinajstić information content (AvgIpc) is 3.14. The first-order valence-corrected chi connectivity index (χ1v) is 7.69. The van der Waals surface area contributed by atoms with Gasteiger partial charge in [0.05, 0.1) is 23.3 Å². The van der Waals surface area contributed by atoms with Crippen LogP contribution in [0.15, 0.2) is 35.6 Å². The van der Waals surface area contributed by atoms with Crippen molar-refractivity contribution in [1.29, 1.82) is 0 Å². The van der Waals surface area contributed by atoms with Crippen LogP contribution >= 0.6 is 11.8 Å². The largest absolute Gasteiger partial charge is 0.392 e.